The predicted octanol–water partition coefficient (Wildman–Crippen LogP) is 11.9. The van der Waals surface area contributed by atoms with Crippen molar-refractivity contribution in [3.63, 3.8) is 0 Å². The van der Waals surface area contributed by atoms with Crippen molar-refractivity contribution >= 4 is 5.91 Å². The molecule has 0 aliphatic heterocycles. The molecule has 0 saturated carbocycles. The van der Waals surface area contributed by atoms with E-state index in [0.717, 1.165) is 45.8 Å². The van der Waals surface area contributed by atoms with Crippen molar-refractivity contribution in [2.24, 2.45) is 0 Å². The van der Waals surface area contributed by atoms with E-state index in [-0.39, 0.29) is 12.5 Å². The maximum absolute atomic E-state index is 12.6. The normalized spacial score (nSPS) is 10.6. The van der Waals surface area contributed by atoms with Crippen LogP contribution in [0.25, 0.3) is 0 Å². The summed E-state index contributed by atoms with van der Waals surface area (Å²) in [5, 5.41) is 0. The molecule has 0 heterocycles. The fourth-order valence-corrected chi connectivity index (χ4v) is 5.13. The Morgan fingerprint density at radius 1 is 0.409 bits per heavy atom. The average Bonchev–Trinajstić information content (AvgIpc) is 3.04. The highest BCUT2D eigenvalue weighted by Gasteiger charge is 2.12. The molecule has 0 radical (unpaired) electrons. The van der Waals surface area contributed by atoms with E-state index in [9.17, 15) is 4.79 Å². The van der Waals surface area contributed by atoms with Crippen molar-refractivity contribution in [3.8, 4) is 0 Å². The van der Waals surface area contributed by atoms with Crippen LogP contribution in [0.2, 0.25) is 0 Å². The number of ether oxygens (including phenoxy) is 3. The lowest BCUT2D eigenvalue weighted by molar-refractivity contribution is -0.136. The summed E-state index contributed by atoms with van der Waals surface area (Å²) in [4.78, 5) is 14.7. The Balaban J connectivity index is -0.00000162. The van der Waals surface area contributed by atoms with Gasteiger partial charge in [-0.3, -0.25) is 4.79 Å². The average molecular weight is 630 g/mol. The Kier molecular flexibility index (Phi) is 50.8. The molecule has 0 aromatic rings. The molecule has 0 aromatic heterocycles. The molecule has 0 atom stereocenters. The second-order valence-electron chi connectivity index (χ2n) is 12.2. The molecule has 0 N–H and O–H groups in total. The molecule has 0 bridgehead atoms. The Labute approximate surface area is 278 Å². The van der Waals surface area contributed by atoms with Gasteiger partial charge in [-0.2, -0.15) is 0 Å². The molecule has 0 fully saturated rings. The molecule has 5 heteroatoms. The number of methoxy groups -OCH3 is 1. The van der Waals surface area contributed by atoms with E-state index in [1.165, 1.54) is 141 Å². The SMILES string of the molecule is CCCCCCCCCCCCCCN(CCCCCCCCCCCCCC)C(=O)COCC.CCOC.CCOCC. The summed E-state index contributed by atoms with van der Waals surface area (Å²) in [7, 11) is 1.68. The van der Waals surface area contributed by atoms with Gasteiger partial charge in [-0.05, 0) is 40.5 Å². The standard InChI is InChI=1S/C32H65NO2.C4H10O.C3H8O/c1-4-7-9-11-13-15-17-19-21-23-25-27-29-33(32(34)31-35-6-3)30-28-26-24-22-20-18-16-14-12-10-8-5-2;1-3-5-4-2;1-3-4-2/h4-31H2,1-3H3;3-4H2,1-2H3;3H2,1-2H3. The lowest BCUT2D eigenvalue weighted by Crippen LogP contribution is -2.35. The molecule has 0 aliphatic carbocycles. The number of carbonyl (C=O) groups is 1. The zero-order valence-corrected chi connectivity index (χ0v) is 31.5. The third-order valence-electron chi connectivity index (χ3n) is 8.04. The van der Waals surface area contributed by atoms with Gasteiger partial charge in [-0.15, -0.1) is 0 Å². The van der Waals surface area contributed by atoms with Gasteiger partial charge >= 0.3 is 0 Å². The number of unbranched alkanes of at least 4 members (excludes halogenated alkanes) is 22. The van der Waals surface area contributed by atoms with Gasteiger partial charge in [0, 0.05) is 46.6 Å². The third-order valence-corrected chi connectivity index (χ3v) is 8.04. The zero-order valence-electron chi connectivity index (χ0n) is 31.5. The summed E-state index contributed by atoms with van der Waals surface area (Å²) in [6, 6.07) is 0. The molecule has 5 nitrogen and oxygen atoms in total. The molecule has 0 spiro atoms. The minimum atomic E-state index is 0.193. The van der Waals surface area contributed by atoms with Gasteiger partial charge in [0.05, 0.1) is 0 Å². The van der Waals surface area contributed by atoms with Crippen LogP contribution in [0.3, 0.4) is 0 Å². The Hall–Kier alpha value is -0.650. The van der Waals surface area contributed by atoms with Crippen molar-refractivity contribution in [2.75, 3.05) is 53.2 Å². The molecule has 1 amide bonds. The first kappa shape index (κ1) is 47.8. The van der Waals surface area contributed by atoms with E-state index in [2.05, 4.69) is 23.5 Å². The van der Waals surface area contributed by atoms with Crippen LogP contribution in [0.5, 0.6) is 0 Å². The number of hydrogen-bond acceptors (Lipinski definition) is 4. The number of carbonyl (C=O) groups excluding carboxylic acids is 1. The molecule has 0 rings (SSSR count). The van der Waals surface area contributed by atoms with Crippen molar-refractivity contribution in [3.05, 3.63) is 0 Å². The van der Waals surface area contributed by atoms with Crippen molar-refractivity contribution < 1.29 is 19.0 Å². The first-order chi connectivity index (χ1) is 21.6. The fourth-order valence-electron chi connectivity index (χ4n) is 5.13. The largest absolute Gasteiger partial charge is 0.385 e. The van der Waals surface area contributed by atoms with Gasteiger partial charge in [-0.25, -0.2) is 0 Å². The van der Waals surface area contributed by atoms with E-state index >= 15 is 0 Å². The highest BCUT2D eigenvalue weighted by Crippen LogP contribution is 2.14. The highest BCUT2D eigenvalue weighted by atomic mass is 16.5. The van der Waals surface area contributed by atoms with Crippen LogP contribution in [0.4, 0.5) is 0 Å². The minimum absolute atomic E-state index is 0.193. The monoisotopic (exact) mass is 630 g/mol. The fraction of sp³-hybridized carbons (Fsp3) is 0.974. The molecular weight excluding hydrogens is 546 g/mol. The lowest BCUT2D eigenvalue weighted by Gasteiger charge is -2.23. The van der Waals surface area contributed by atoms with Crippen LogP contribution < -0.4 is 0 Å². The minimum Gasteiger partial charge on any atom is -0.385 e. The summed E-state index contributed by atoms with van der Waals surface area (Å²) in [6.07, 6.45) is 32.7. The van der Waals surface area contributed by atoms with Crippen molar-refractivity contribution in [1.29, 1.82) is 0 Å². The summed E-state index contributed by atoms with van der Waals surface area (Å²) in [5.41, 5.74) is 0. The van der Waals surface area contributed by atoms with Crippen LogP contribution in [0, 0.1) is 0 Å². The Morgan fingerprint density at radius 3 is 0.909 bits per heavy atom. The number of rotatable bonds is 32. The number of nitrogens with zero attached hydrogens (tertiary/aromatic N) is 1. The first-order valence-electron chi connectivity index (χ1n) is 19.5. The number of hydrogen-bond donors (Lipinski definition) is 0. The van der Waals surface area contributed by atoms with Crippen molar-refractivity contribution in [2.45, 2.75) is 196 Å². The smallest absolute Gasteiger partial charge is 0.248 e. The predicted molar refractivity (Wildman–Crippen MR) is 195 cm³/mol. The number of amides is 1. The van der Waals surface area contributed by atoms with E-state index in [4.69, 9.17) is 9.47 Å². The molecule has 0 aromatic carbocycles. The Bertz CT molecular complexity index is 457. The Morgan fingerprint density at radius 2 is 0.682 bits per heavy atom. The molecular formula is C39H83NO4. The van der Waals surface area contributed by atoms with Crippen LogP contribution in [-0.4, -0.2) is 64.0 Å². The first-order valence-corrected chi connectivity index (χ1v) is 19.5. The van der Waals surface area contributed by atoms with E-state index in [0.29, 0.717) is 6.61 Å². The van der Waals surface area contributed by atoms with E-state index in [1.54, 1.807) is 7.11 Å². The second kappa shape index (κ2) is 46.8. The summed E-state index contributed by atoms with van der Waals surface area (Å²) in [6.45, 7) is 17.7. The van der Waals surface area contributed by atoms with Crippen LogP contribution in [0.15, 0.2) is 0 Å². The molecule has 268 valence electrons. The molecule has 44 heavy (non-hydrogen) atoms. The topological polar surface area (TPSA) is 48.0 Å². The van der Waals surface area contributed by atoms with Gasteiger partial charge in [0.15, 0.2) is 0 Å². The van der Waals surface area contributed by atoms with Crippen molar-refractivity contribution in [1.82, 2.24) is 4.90 Å². The molecule has 0 aliphatic rings. The van der Waals surface area contributed by atoms with Gasteiger partial charge in [0.1, 0.15) is 6.61 Å². The van der Waals surface area contributed by atoms with Crippen LogP contribution in [-0.2, 0) is 19.0 Å². The van der Waals surface area contributed by atoms with Crippen LogP contribution in [0.1, 0.15) is 196 Å². The van der Waals surface area contributed by atoms with Crippen LogP contribution >= 0.6 is 0 Å². The molecule has 0 saturated heterocycles. The van der Waals surface area contributed by atoms with E-state index in [1.807, 2.05) is 27.7 Å². The molecule has 0 unspecified atom stereocenters. The lowest BCUT2D eigenvalue weighted by atomic mass is 10.0. The van der Waals surface area contributed by atoms with Gasteiger partial charge in [0.2, 0.25) is 5.91 Å². The summed E-state index contributed by atoms with van der Waals surface area (Å²) >= 11 is 0. The third kappa shape index (κ3) is 45.8. The van der Waals surface area contributed by atoms with E-state index < -0.39 is 0 Å². The summed E-state index contributed by atoms with van der Waals surface area (Å²) in [5.74, 6) is 0.193. The zero-order chi connectivity index (χ0) is 33.2. The van der Waals surface area contributed by atoms with Gasteiger partial charge in [0.25, 0.3) is 0 Å². The van der Waals surface area contributed by atoms with Gasteiger partial charge < -0.3 is 19.1 Å². The quantitative estimate of drug-likeness (QED) is 0.0695. The highest BCUT2D eigenvalue weighted by molar-refractivity contribution is 5.77. The van der Waals surface area contributed by atoms with Gasteiger partial charge in [-0.1, -0.05) is 155 Å². The maximum atomic E-state index is 12.6. The summed E-state index contributed by atoms with van der Waals surface area (Å²) < 4.78 is 14.8. The maximum Gasteiger partial charge on any atom is 0.248 e. The second-order valence-corrected chi connectivity index (χ2v) is 12.2.